The van der Waals surface area contributed by atoms with E-state index in [0.717, 1.165) is 32.1 Å². The summed E-state index contributed by atoms with van der Waals surface area (Å²) < 4.78 is 16.0. The van der Waals surface area contributed by atoms with Crippen LogP contribution in [0.2, 0.25) is 0 Å². The lowest BCUT2D eigenvalue weighted by Crippen LogP contribution is -2.46. The lowest BCUT2D eigenvalue weighted by molar-refractivity contribution is -0.123. The van der Waals surface area contributed by atoms with Gasteiger partial charge >= 0.3 is 12.0 Å². The highest BCUT2D eigenvalue weighted by Gasteiger charge is 2.23. The first-order valence-corrected chi connectivity index (χ1v) is 10.9. The zero-order valence-electron chi connectivity index (χ0n) is 18.8. The van der Waals surface area contributed by atoms with Crippen LogP contribution in [-0.2, 0) is 9.53 Å². The Hall–Kier alpha value is -3.69. The van der Waals surface area contributed by atoms with Gasteiger partial charge in [-0.1, -0.05) is 24.4 Å². The molecule has 10 nitrogen and oxygen atoms in total. The van der Waals surface area contributed by atoms with Gasteiger partial charge < -0.3 is 19.0 Å². The summed E-state index contributed by atoms with van der Waals surface area (Å²) in [5.41, 5.74) is 1.95. The Morgan fingerprint density at radius 1 is 1.12 bits per heavy atom. The average molecular weight is 454 g/mol. The molecule has 0 saturated heterocycles. The largest absolute Gasteiger partial charge is 0.466 e. The maximum absolute atomic E-state index is 12.9. The number of carbonyl (C=O) groups is 3. The molecule has 3 heterocycles. The number of esters is 1. The van der Waals surface area contributed by atoms with Gasteiger partial charge in [0.05, 0.1) is 22.3 Å². The molecule has 4 rings (SSSR count). The average Bonchev–Trinajstić information content (AvgIpc) is 3.33. The van der Waals surface area contributed by atoms with Crippen LogP contribution < -0.4 is 10.6 Å². The normalized spacial score (nSPS) is 14.3. The summed E-state index contributed by atoms with van der Waals surface area (Å²) in [6.07, 6.45) is 5.05. The Morgan fingerprint density at radius 2 is 1.88 bits per heavy atom. The van der Waals surface area contributed by atoms with Crippen LogP contribution >= 0.6 is 0 Å². The van der Waals surface area contributed by atoms with Gasteiger partial charge in [0, 0.05) is 11.6 Å². The lowest BCUT2D eigenvalue weighted by atomic mass is 9.96. The molecule has 2 N–H and O–H groups in total. The molecule has 1 saturated carbocycles. The fourth-order valence-corrected chi connectivity index (χ4v) is 4.12. The van der Waals surface area contributed by atoms with E-state index in [9.17, 15) is 14.4 Å². The maximum atomic E-state index is 12.9. The summed E-state index contributed by atoms with van der Waals surface area (Å²) in [7, 11) is 0. The van der Waals surface area contributed by atoms with Crippen molar-refractivity contribution in [3.05, 3.63) is 34.9 Å². The predicted octanol–water partition coefficient (Wildman–Crippen LogP) is 3.72. The molecule has 10 heteroatoms. The summed E-state index contributed by atoms with van der Waals surface area (Å²) in [5.74, 6) is -0.134. The highest BCUT2D eigenvalue weighted by Crippen LogP contribution is 2.30. The smallest absolute Gasteiger partial charge is 0.339 e. The molecule has 0 unspecified atom stereocenters. The van der Waals surface area contributed by atoms with Gasteiger partial charge in [-0.3, -0.25) is 10.1 Å². The number of carbonyl (C=O) groups excluding carboxylic acids is 3. The third-order valence-electron chi connectivity index (χ3n) is 5.68. The summed E-state index contributed by atoms with van der Waals surface area (Å²) in [4.78, 5) is 41.5. The predicted molar refractivity (Wildman–Crippen MR) is 118 cm³/mol. The number of aryl methyl sites for hydroxylation is 3. The van der Waals surface area contributed by atoms with Crippen LogP contribution in [0.15, 0.2) is 21.1 Å². The van der Waals surface area contributed by atoms with Crippen molar-refractivity contribution < 1.29 is 28.1 Å². The van der Waals surface area contributed by atoms with Gasteiger partial charge in [0.25, 0.3) is 11.6 Å². The van der Waals surface area contributed by atoms with Gasteiger partial charge in [0.1, 0.15) is 11.5 Å². The first-order valence-electron chi connectivity index (χ1n) is 10.9. The number of nitrogens with one attached hydrogen (secondary N) is 2. The number of ether oxygens (including phenoxy) is 1. The van der Waals surface area contributed by atoms with E-state index in [1.54, 1.807) is 26.0 Å². The Labute approximate surface area is 190 Å². The molecule has 0 atom stereocenters. The monoisotopic (exact) mass is 454 g/mol. The molecule has 1 fully saturated rings. The molecule has 1 aliphatic carbocycles. The molecule has 3 aromatic rings. The second-order valence-electron chi connectivity index (χ2n) is 8.26. The van der Waals surface area contributed by atoms with Gasteiger partial charge in [0.2, 0.25) is 0 Å². The summed E-state index contributed by atoms with van der Waals surface area (Å²) in [5, 5.41) is 9.27. The standard InChI is InChI=1S/C23H26N4O6/c1-12-9-16(14(3)32-12)18-10-17(20-13(2)27-33-21(20)25-18)22(29)31-11-19(28)26-23(30)24-15-7-5-4-6-8-15/h9-10,15H,4-8,11H2,1-3H3,(H2,24,26,28,30). The van der Waals surface area contributed by atoms with Gasteiger partial charge in [0.15, 0.2) is 6.61 Å². The second kappa shape index (κ2) is 9.43. The summed E-state index contributed by atoms with van der Waals surface area (Å²) >= 11 is 0. The third kappa shape index (κ3) is 5.05. The lowest BCUT2D eigenvalue weighted by Gasteiger charge is -2.22. The zero-order chi connectivity index (χ0) is 23.5. The number of amides is 3. The number of aromatic nitrogens is 2. The number of nitrogens with zero attached hydrogens (tertiary/aromatic N) is 2. The van der Waals surface area contributed by atoms with E-state index in [0.29, 0.717) is 33.9 Å². The molecule has 0 aliphatic heterocycles. The van der Waals surface area contributed by atoms with E-state index in [1.807, 2.05) is 6.92 Å². The molecule has 0 bridgehead atoms. The third-order valence-corrected chi connectivity index (χ3v) is 5.68. The van der Waals surface area contributed by atoms with Crippen LogP contribution in [0.5, 0.6) is 0 Å². The quantitative estimate of drug-likeness (QED) is 0.557. The minimum atomic E-state index is -0.754. The fourth-order valence-electron chi connectivity index (χ4n) is 4.12. The van der Waals surface area contributed by atoms with Gasteiger partial charge in [-0.05, 0) is 45.7 Å². The number of imide groups is 1. The SMILES string of the molecule is Cc1cc(-c2cc(C(=O)OCC(=O)NC(=O)NC3CCCCC3)c3c(C)noc3n2)c(C)o1. The minimum absolute atomic E-state index is 0.0594. The summed E-state index contributed by atoms with van der Waals surface area (Å²) in [6, 6.07) is 2.83. The van der Waals surface area contributed by atoms with Crippen LogP contribution in [0.25, 0.3) is 22.4 Å². The maximum Gasteiger partial charge on any atom is 0.339 e. The Bertz CT molecular complexity index is 1210. The van der Waals surface area contributed by atoms with Crippen molar-refractivity contribution in [3.63, 3.8) is 0 Å². The van der Waals surface area contributed by atoms with Crippen molar-refractivity contribution in [1.29, 1.82) is 0 Å². The topological polar surface area (TPSA) is 137 Å². The number of urea groups is 1. The fraction of sp³-hybridized carbons (Fsp3) is 0.435. The molecule has 0 aromatic carbocycles. The zero-order valence-corrected chi connectivity index (χ0v) is 18.8. The number of pyridine rings is 1. The second-order valence-corrected chi connectivity index (χ2v) is 8.26. The van der Waals surface area contributed by atoms with Crippen molar-refractivity contribution in [1.82, 2.24) is 20.8 Å². The van der Waals surface area contributed by atoms with Crippen molar-refractivity contribution >= 4 is 29.0 Å². The van der Waals surface area contributed by atoms with Crippen molar-refractivity contribution in [3.8, 4) is 11.3 Å². The van der Waals surface area contributed by atoms with Crippen LogP contribution in [0, 0.1) is 20.8 Å². The number of hydrogen-bond donors (Lipinski definition) is 2. The minimum Gasteiger partial charge on any atom is -0.466 e. The van der Waals surface area contributed by atoms with Gasteiger partial charge in [-0.15, -0.1) is 0 Å². The van der Waals surface area contributed by atoms with Crippen molar-refractivity contribution in [2.45, 2.75) is 58.9 Å². The highest BCUT2D eigenvalue weighted by atomic mass is 16.5. The number of rotatable bonds is 5. The van der Waals surface area contributed by atoms with E-state index in [4.69, 9.17) is 13.7 Å². The van der Waals surface area contributed by atoms with Crippen LogP contribution in [0.4, 0.5) is 4.79 Å². The Morgan fingerprint density at radius 3 is 2.58 bits per heavy atom. The van der Waals surface area contributed by atoms with E-state index in [-0.39, 0.29) is 17.3 Å². The van der Waals surface area contributed by atoms with E-state index < -0.39 is 24.5 Å². The van der Waals surface area contributed by atoms with Gasteiger partial charge in [-0.25, -0.2) is 14.6 Å². The Balaban J connectivity index is 1.46. The van der Waals surface area contributed by atoms with Crippen LogP contribution in [-0.4, -0.2) is 40.7 Å². The molecule has 3 aromatic heterocycles. The van der Waals surface area contributed by atoms with Crippen molar-refractivity contribution in [2.24, 2.45) is 0 Å². The number of fused-ring (bicyclic) bond motifs is 1. The van der Waals surface area contributed by atoms with E-state index >= 15 is 0 Å². The van der Waals surface area contributed by atoms with E-state index in [2.05, 4.69) is 20.8 Å². The number of furan rings is 1. The molecule has 0 radical (unpaired) electrons. The van der Waals surface area contributed by atoms with Crippen molar-refractivity contribution in [2.75, 3.05) is 6.61 Å². The molecule has 33 heavy (non-hydrogen) atoms. The van der Waals surface area contributed by atoms with E-state index in [1.165, 1.54) is 0 Å². The first-order chi connectivity index (χ1) is 15.8. The molecular formula is C23H26N4O6. The summed E-state index contributed by atoms with van der Waals surface area (Å²) in [6.45, 7) is 4.68. The Kier molecular flexibility index (Phi) is 6.43. The van der Waals surface area contributed by atoms with Gasteiger partial charge in [-0.2, -0.15) is 0 Å². The first kappa shape index (κ1) is 22.5. The van der Waals surface area contributed by atoms with Crippen LogP contribution in [0.1, 0.15) is 59.7 Å². The molecule has 1 aliphatic rings. The highest BCUT2D eigenvalue weighted by molar-refractivity contribution is 6.05. The number of hydrogen-bond acceptors (Lipinski definition) is 8. The molecule has 174 valence electrons. The molecular weight excluding hydrogens is 428 g/mol. The molecule has 0 spiro atoms. The molecule has 3 amide bonds. The van der Waals surface area contributed by atoms with Crippen LogP contribution in [0.3, 0.4) is 0 Å².